The molecular formula is C12H30LiNSi2. The van der Waals surface area contributed by atoms with Gasteiger partial charge in [0.25, 0.3) is 0 Å². The van der Waals surface area contributed by atoms with Crippen molar-refractivity contribution in [2.75, 3.05) is 6.54 Å². The minimum atomic E-state index is -1.31. The van der Waals surface area contributed by atoms with Crippen LogP contribution in [-0.2, 0) is 0 Å². The summed E-state index contributed by atoms with van der Waals surface area (Å²) in [5.41, 5.74) is 0. The first-order chi connectivity index (χ1) is 6.94. The normalized spacial score (nSPS) is 14.7. The molecule has 0 saturated carbocycles. The van der Waals surface area contributed by atoms with Crippen LogP contribution in [0.25, 0.3) is 0 Å². The van der Waals surface area contributed by atoms with Crippen LogP contribution in [-0.4, -0.2) is 45.0 Å². The molecule has 0 aliphatic rings. The SMILES string of the molecule is [Li][CH2]CCN([Si](C)(C)C)[Si](C)(C)C(C)(C)C. The van der Waals surface area contributed by atoms with E-state index in [0.717, 1.165) is 0 Å². The first-order valence-electron chi connectivity index (χ1n) is 6.72. The second-order valence-electron chi connectivity index (χ2n) is 7.49. The third kappa shape index (κ3) is 4.34. The van der Waals surface area contributed by atoms with Gasteiger partial charge in [0.15, 0.2) is 0 Å². The van der Waals surface area contributed by atoms with Gasteiger partial charge in [0, 0.05) is 0 Å². The van der Waals surface area contributed by atoms with Crippen LogP contribution in [0.2, 0.25) is 42.9 Å². The van der Waals surface area contributed by atoms with Gasteiger partial charge in [0.2, 0.25) is 0 Å². The van der Waals surface area contributed by atoms with Gasteiger partial charge in [0.05, 0.1) is 0 Å². The Kier molecular flexibility index (Phi) is 6.11. The molecule has 0 fully saturated rings. The molecule has 0 heterocycles. The van der Waals surface area contributed by atoms with Crippen molar-refractivity contribution in [3.05, 3.63) is 0 Å². The van der Waals surface area contributed by atoms with Crippen LogP contribution >= 0.6 is 0 Å². The first kappa shape index (κ1) is 17.0. The van der Waals surface area contributed by atoms with E-state index in [1.165, 1.54) is 18.1 Å². The van der Waals surface area contributed by atoms with E-state index in [0.29, 0.717) is 5.04 Å². The molecular weight excluding hydrogens is 221 g/mol. The number of hydrogen-bond acceptors (Lipinski definition) is 1. The molecule has 0 aliphatic heterocycles. The number of hydrogen-bond donors (Lipinski definition) is 0. The van der Waals surface area contributed by atoms with Crippen molar-refractivity contribution in [2.24, 2.45) is 0 Å². The molecule has 0 unspecified atom stereocenters. The number of nitrogens with zero attached hydrogens (tertiary/aromatic N) is 1. The Balaban J connectivity index is 5.03. The fourth-order valence-corrected chi connectivity index (χ4v) is 12.2. The molecule has 0 bridgehead atoms. The zero-order valence-electron chi connectivity index (χ0n) is 13.1. The van der Waals surface area contributed by atoms with Crippen LogP contribution in [0.3, 0.4) is 0 Å². The van der Waals surface area contributed by atoms with Crippen LogP contribution in [0, 0.1) is 0 Å². The van der Waals surface area contributed by atoms with Crippen molar-refractivity contribution in [3.8, 4) is 0 Å². The molecule has 0 radical (unpaired) electrons. The molecule has 92 valence electrons. The molecule has 0 saturated heterocycles. The Bertz CT molecular complexity index is 216. The summed E-state index contributed by atoms with van der Waals surface area (Å²) in [7, 11) is -2.49. The average molecular weight is 251 g/mol. The Morgan fingerprint density at radius 3 is 1.69 bits per heavy atom. The van der Waals surface area contributed by atoms with Crippen molar-refractivity contribution in [1.29, 1.82) is 0 Å². The van der Waals surface area contributed by atoms with Crippen molar-refractivity contribution >= 4 is 34.2 Å². The standard InChI is InChI=1S/C12H30NSi2.Li/c1-10-11-13(14(5,6)7)15(8,9)12(2,3)4;/h1,10-11H2,2-9H3;. The molecule has 0 atom stereocenters. The van der Waals surface area contributed by atoms with Gasteiger partial charge in [-0.05, 0) is 0 Å². The summed E-state index contributed by atoms with van der Waals surface area (Å²) in [5, 5.41) is 1.79. The van der Waals surface area contributed by atoms with Gasteiger partial charge >= 0.3 is 115 Å². The quantitative estimate of drug-likeness (QED) is 0.665. The van der Waals surface area contributed by atoms with E-state index < -0.39 is 16.5 Å². The Labute approximate surface area is 115 Å². The van der Waals surface area contributed by atoms with Crippen molar-refractivity contribution in [1.82, 2.24) is 4.23 Å². The van der Waals surface area contributed by atoms with E-state index in [-0.39, 0.29) is 0 Å². The molecule has 0 rings (SSSR count). The maximum atomic E-state index is 2.95. The first-order valence-corrected chi connectivity index (χ1v) is 13.1. The van der Waals surface area contributed by atoms with Crippen LogP contribution in [0.4, 0.5) is 0 Å². The molecule has 0 amide bonds. The van der Waals surface area contributed by atoms with E-state index in [9.17, 15) is 0 Å². The summed E-state index contributed by atoms with van der Waals surface area (Å²) < 4.78 is 2.95. The summed E-state index contributed by atoms with van der Waals surface area (Å²) in [6.45, 7) is 21.2. The molecule has 0 spiro atoms. The van der Waals surface area contributed by atoms with Gasteiger partial charge in [-0.1, -0.05) is 0 Å². The predicted molar refractivity (Wildman–Crippen MR) is 82.4 cm³/mol. The molecule has 0 aromatic rings. The molecule has 0 N–H and O–H groups in total. The monoisotopic (exact) mass is 251 g/mol. The zero-order chi connectivity index (χ0) is 13.2. The third-order valence-corrected chi connectivity index (χ3v) is 14.8. The fraction of sp³-hybridized carbons (Fsp3) is 1.00. The van der Waals surface area contributed by atoms with Gasteiger partial charge in [0.1, 0.15) is 0 Å². The van der Waals surface area contributed by atoms with Crippen LogP contribution < -0.4 is 0 Å². The van der Waals surface area contributed by atoms with Gasteiger partial charge in [-0.15, -0.1) is 0 Å². The van der Waals surface area contributed by atoms with E-state index >= 15 is 0 Å². The molecule has 1 nitrogen and oxygen atoms in total. The third-order valence-electron chi connectivity index (χ3n) is 4.06. The minimum absolute atomic E-state index is 0.473. The molecule has 16 heavy (non-hydrogen) atoms. The summed E-state index contributed by atoms with van der Waals surface area (Å²) in [6, 6.07) is 0. The Morgan fingerprint density at radius 1 is 1.00 bits per heavy atom. The Hall–Kier alpha value is 0.991. The topological polar surface area (TPSA) is 3.24 Å². The van der Waals surface area contributed by atoms with Gasteiger partial charge < -0.3 is 0 Å². The van der Waals surface area contributed by atoms with Crippen molar-refractivity contribution in [2.45, 2.75) is 70.1 Å². The Morgan fingerprint density at radius 2 is 1.44 bits per heavy atom. The summed E-state index contributed by atoms with van der Waals surface area (Å²) in [4.78, 5) is 0. The predicted octanol–water partition coefficient (Wildman–Crippen LogP) is 4.11. The zero-order valence-corrected chi connectivity index (χ0v) is 15.1. The fourth-order valence-electron chi connectivity index (χ4n) is 2.17. The summed E-state index contributed by atoms with van der Waals surface area (Å²) in [6.07, 6.45) is 1.36. The van der Waals surface area contributed by atoms with Gasteiger partial charge in [-0.3, -0.25) is 0 Å². The van der Waals surface area contributed by atoms with Crippen LogP contribution in [0.15, 0.2) is 0 Å². The molecule has 0 aromatic carbocycles. The molecule has 0 aliphatic carbocycles. The number of rotatable bonds is 5. The summed E-state index contributed by atoms with van der Waals surface area (Å²) in [5.74, 6) is 0. The van der Waals surface area contributed by atoms with Crippen molar-refractivity contribution < 1.29 is 0 Å². The average Bonchev–Trinajstić information content (AvgIpc) is 1.99. The van der Waals surface area contributed by atoms with E-state index in [4.69, 9.17) is 0 Å². The van der Waals surface area contributed by atoms with E-state index in [2.05, 4.69) is 75.5 Å². The van der Waals surface area contributed by atoms with Crippen LogP contribution in [0.5, 0.6) is 0 Å². The van der Waals surface area contributed by atoms with Crippen molar-refractivity contribution in [3.63, 3.8) is 0 Å². The summed E-state index contributed by atoms with van der Waals surface area (Å²) >= 11 is 2.30. The second-order valence-corrected chi connectivity index (χ2v) is 18.0. The van der Waals surface area contributed by atoms with Gasteiger partial charge in [-0.25, -0.2) is 0 Å². The molecule has 0 aromatic heterocycles. The maximum absolute atomic E-state index is 2.95. The second kappa shape index (κ2) is 5.75. The van der Waals surface area contributed by atoms with Crippen LogP contribution in [0.1, 0.15) is 27.2 Å². The van der Waals surface area contributed by atoms with Gasteiger partial charge in [-0.2, -0.15) is 0 Å². The van der Waals surface area contributed by atoms with E-state index in [1.54, 1.807) is 0 Å². The van der Waals surface area contributed by atoms with E-state index in [1.807, 2.05) is 0 Å². The molecule has 4 heteroatoms.